The number of benzene rings is 2. The Bertz CT molecular complexity index is 779. The van der Waals surface area contributed by atoms with Crippen molar-refractivity contribution >= 4 is 31.3 Å². The normalized spacial score (nSPS) is 11.4. The molecule has 2 rings (SSSR count). The smallest absolute Gasteiger partial charge is 0.261 e. The molecule has 0 N–H and O–H groups in total. The van der Waals surface area contributed by atoms with Gasteiger partial charge in [-0.15, -0.1) is 0 Å². The maximum atomic E-state index is 13.4. The second-order valence-corrected chi connectivity index (χ2v) is 7.03. The van der Waals surface area contributed by atoms with Crippen LogP contribution in [0.15, 0.2) is 41.3 Å². The Hall–Kier alpha value is -1.37. The van der Waals surface area contributed by atoms with Gasteiger partial charge in [0.1, 0.15) is 24.0 Å². The molecule has 0 amide bonds. The average Bonchev–Trinajstić information content (AvgIpc) is 2.40. The van der Waals surface area contributed by atoms with E-state index in [0.29, 0.717) is 0 Å². The van der Waals surface area contributed by atoms with Crippen LogP contribution in [0, 0.1) is 11.6 Å². The minimum Gasteiger partial charge on any atom is -0.487 e. The van der Waals surface area contributed by atoms with Gasteiger partial charge in [-0.1, -0.05) is 11.6 Å². The van der Waals surface area contributed by atoms with Crippen LogP contribution < -0.4 is 4.74 Å². The van der Waals surface area contributed by atoms with Crippen molar-refractivity contribution in [3.63, 3.8) is 0 Å². The van der Waals surface area contributed by atoms with E-state index < -0.39 is 20.7 Å². The molecule has 0 heterocycles. The van der Waals surface area contributed by atoms with Crippen molar-refractivity contribution in [2.24, 2.45) is 0 Å². The van der Waals surface area contributed by atoms with Gasteiger partial charge in [-0.05, 0) is 36.4 Å². The van der Waals surface area contributed by atoms with Crippen LogP contribution in [-0.4, -0.2) is 8.42 Å². The van der Waals surface area contributed by atoms with Crippen molar-refractivity contribution in [1.29, 1.82) is 0 Å². The Labute approximate surface area is 129 Å². The summed E-state index contributed by atoms with van der Waals surface area (Å²) >= 11 is 5.86. The molecular formula is C13H8Cl2F2O3S. The van der Waals surface area contributed by atoms with Crippen molar-refractivity contribution in [3.05, 3.63) is 58.6 Å². The van der Waals surface area contributed by atoms with Crippen LogP contribution in [-0.2, 0) is 15.7 Å². The molecule has 0 radical (unpaired) electrons. The summed E-state index contributed by atoms with van der Waals surface area (Å²) in [6.07, 6.45) is 0. The second-order valence-electron chi connectivity index (χ2n) is 4.05. The molecule has 8 heteroatoms. The summed E-state index contributed by atoms with van der Waals surface area (Å²) in [7, 11) is 1.28. The molecule has 0 atom stereocenters. The van der Waals surface area contributed by atoms with E-state index in [1.54, 1.807) is 0 Å². The highest BCUT2D eigenvalue weighted by molar-refractivity contribution is 8.13. The van der Waals surface area contributed by atoms with Crippen LogP contribution in [0.3, 0.4) is 0 Å². The first-order valence-electron chi connectivity index (χ1n) is 5.58. The lowest BCUT2D eigenvalue weighted by Gasteiger charge is -2.09. The van der Waals surface area contributed by atoms with Gasteiger partial charge in [0.05, 0.1) is 9.92 Å². The van der Waals surface area contributed by atoms with Crippen LogP contribution in [0.1, 0.15) is 5.56 Å². The Morgan fingerprint density at radius 2 is 1.81 bits per heavy atom. The van der Waals surface area contributed by atoms with Gasteiger partial charge in [0.2, 0.25) is 0 Å². The first-order chi connectivity index (χ1) is 9.77. The molecule has 0 spiro atoms. The molecule has 0 unspecified atom stereocenters. The SMILES string of the molecule is O=S(=O)(Cl)c1ccc(OCc2cc(F)ccc2F)c(Cl)c1. The molecule has 0 aliphatic heterocycles. The third kappa shape index (κ3) is 4.06. The first-order valence-corrected chi connectivity index (χ1v) is 8.27. The Morgan fingerprint density at radius 3 is 2.43 bits per heavy atom. The van der Waals surface area contributed by atoms with E-state index in [1.165, 1.54) is 12.1 Å². The zero-order valence-electron chi connectivity index (χ0n) is 10.3. The Kier molecular flexibility index (Phi) is 4.70. The summed E-state index contributed by atoms with van der Waals surface area (Å²) < 4.78 is 53.9. The molecule has 0 fully saturated rings. The first kappa shape index (κ1) is 16.0. The fourth-order valence-electron chi connectivity index (χ4n) is 1.56. The molecule has 3 nitrogen and oxygen atoms in total. The lowest BCUT2D eigenvalue weighted by atomic mass is 10.2. The summed E-state index contributed by atoms with van der Waals surface area (Å²) in [5.41, 5.74) is 0.0140. The number of hydrogen-bond acceptors (Lipinski definition) is 3. The molecule has 0 aliphatic carbocycles. The topological polar surface area (TPSA) is 43.4 Å². The van der Waals surface area contributed by atoms with E-state index in [4.69, 9.17) is 27.0 Å². The largest absolute Gasteiger partial charge is 0.487 e. The molecule has 2 aromatic carbocycles. The van der Waals surface area contributed by atoms with E-state index in [9.17, 15) is 17.2 Å². The van der Waals surface area contributed by atoms with Gasteiger partial charge in [-0.3, -0.25) is 0 Å². The van der Waals surface area contributed by atoms with Crippen LogP contribution in [0.2, 0.25) is 5.02 Å². The fraction of sp³-hybridized carbons (Fsp3) is 0.0769. The van der Waals surface area contributed by atoms with Gasteiger partial charge >= 0.3 is 0 Å². The van der Waals surface area contributed by atoms with Crippen LogP contribution in [0.25, 0.3) is 0 Å². The number of ether oxygens (including phenoxy) is 1. The van der Waals surface area contributed by atoms with E-state index in [2.05, 4.69) is 0 Å². The van der Waals surface area contributed by atoms with Crippen molar-refractivity contribution in [2.75, 3.05) is 0 Å². The Morgan fingerprint density at radius 1 is 1.10 bits per heavy atom. The van der Waals surface area contributed by atoms with Gasteiger partial charge in [0.15, 0.2) is 0 Å². The average molecular weight is 353 g/mol. The zero-order chi connectivity index (χ0) is 15.6. The van der Waals surface area contributed by atoms with Crippen molar-refractivity contribution in [2.45, 2.75) is 11.5 Å². The highest BCUT2D eigenvalue weighted by atomic mass is 35.7. The Balaban J connectivity index is 2.19. The monoisotopic (exact) mass is 352 g/mol. The fourth-order valence-corrected chi connectivity index (χ4v) is 2.64. The van der Waals surface area contributed by atoms with Gasteiger partial charge in [-0.2, -0.15) is 0 Å². The summed E-state index contributed by atoms with van der Waals surface area (Å²) in [5, 5.41) is -0.00598. The summed E-state index contributed by atoms with van der Waals surface area (Å²) in [6.45, 7) is -0.254. The summed E-state index contributed by atoms with van der Waals surface area (Å²) in [5.74, 6) is -1.08. The van der Waals surface area contributed by atoms with Gasteiger partial charge in [-0.25, -0.2) is 17.2 Å². The molecule has 0 aromatic heterocycles. The van der Waals surface area contributed by atoms with E-state index >= 15 is 0 Å². The summed E-state index contributed by atoms with van der Waals surface area (Å²) in [4.78, 5) is -0.182. The third-order valence-corrected chi connectivity index (χ3v) is 4.22. The molecule has 21 heavy (non-hydrogen) atoms. The minimum atomic E-state index is -3.90. The van der Waals surface area contributed by atoms with E-state index in [1.807, 2.05) is 0 Å². The number of halogens is 4. The predicted octanol–water partition coefficient (Wildman–Crippen LogP) is 4.12. The molecule has 112 valence electrons. The van der Waals surface area contributed by atoms with E-state index in [-0.39, 0.29) is 27.8 Å². The molecule has 0 aliphatic rings. The lowest BCUT2D eigenvalue weighted by Crippen LogP contribution is -2.00. The summed E-state index contributed by atoms with van der Waals surface area (Å²) in [6, 6.07) is 6.58. The zero-order valence-corrected chi connectivity index (χ0v) is 12.6. The van der Waals surface area contributed by atoms with Crippen LogP contribution in [0.4, 0.5) is 8.78 Å². The maximum absolute atomic E-state index is 13.4. The van der Waals surface area contributed by atoms with Crippen molar-refractivity contribution in [3.8, 4) is 5.75 Å². The number of hydrogen-bond donors (Lipinski definition) is 0. The van der Waals surface area contributed by atoms with E-state index in [0.717, 1.165) is 24.3 Å². The molecule has 0 bridgehead atoms. The molecule has 2 aromatic rings. The second kappa shape index (κ2) is 6.17. The standard InChI is InChI=1S/C13H8Cl2F2O3S/c14-11-6-10(21(15,18)19)2-4-13(11)20-7-8-5-9(16)1-3-12(8)17/h1-6H,7H2. The quantitative estimate of drug-likeness (QED) is 0.777. The number of rotatable bonds is 4. The van der Waals surface area contributed by atoms with Gasteiger partial charge < -0.3 is 4.74 Å². The van der Waals surface area contributed by atoms with Crippen molar-refractivity contribution < 1.29 is 21.9 Å². The van der Waals surface area contributed by atoms with Crippen molar-refractivity contribution in [1.82, 2.24) is 0 Å². The highest BCUT2D eigenvalue weighted by Crippen LogP contribution is 2.29. The maximum Gasteiger partial charge on any atom is 0.261 e. The predicted molar refractivity (Wildman–Crippen MR) is 75.2 cm³/mol. The highest BCUT2D eigenvalue weighted by Gasteiger charge is 2.13. The molecule has 0 saturated heterocycles. The van der Waals surface area contributed by atoms with Crippen LogP contribution >= 0.6 is 22.3 Å². The van der Waals surface area contributed by atoms with Crippen LogP contribution in [0.5, 0.6) is 5.75 Å². The lowest BCUT2D eigenvalue weighted by molar-refractivity contribution is 0.299. The third-order valence-electron chi connectivity index (χ3n) is 2.58. The molecule has 0 saturated carbocycles. The minimum absolute atomic E-state index is 0.00598. The van der Waals surface area contributed by atoms with Gasteiger partial charge in [0.25, 0.3) is 9.05 Å². The molecular weight excluding hydrogens is 345 g/mol. The van der Waals surface area contributed by atoms with Gasteiger partial charge in [0, 0.05) is 16.2 Å².